The second-order valence-corrected chi connectivity index (χ2v) is 7.57. The molecule has 1 heterocycles. The molecule has 0 aliphatic rings. The summed E-state index contributed by atoms with van der Waals surface area (Å²) in [4.78, 5) is 27.9. The number of Topliss-reactive ketones (excluding diaryl/α,β-unsaturated/α-hetero) is 1. The highest BCUT2D eigenvalue weighted by Gasteiger charge is 2.12. The number of nitrogens with zero attached hydrogens (tertiary/aromatic N) is 1. The lowest BCUT2D eigenvalue weighted by atomic mass is 10.1. The molecule has 2 aromatic carbocycles. The summed E-state index contributed by atoms with van der Waals surface area (Å²) in [5.74, 6) is -0.0124. The molecule has 0 fully saturated rings. The number of ether oxygens (including phenoxy) is 2. The van der Waals surface area contributed by atoms with Gasteiger partial charge in [-0.25, -0.2) is 4.39 Å². The van der Waals surface area contributed by atoms with Crippen LogP contribution in [0.25, 0.3) is 0 Å². The van der Waals surface area contributed by atoms with E-state index in [1.807, 2.05) is 12.1 Å². The molecule has 0 bridgehead atoms. The van der Waals surface area contributed by atoms with Crippen molar-refractivity contribution in [2.45, 2.75) is 18.4 Å². The van der Waals surface area contributed by atoms with Crippen LogP contribution in [0, 0.1) is 5.82 Å². The third-order valence-electron chi connectivity index (χ3n) is 4.29. The number of thioether (sulfide) groups is 1. The van der Waals surface area contributed by atoms with Gasteiger partial charge in [0.1, 0.15) is 12.4 Å². The molecule has 0 radical (unpaired) electrons. The van der Waals surface area contributed by atoms with Gasteiger partial charge in [-0.05, 0) is 48.9 Å². The van der Waals surface area contributed by atoms with E-state index in [1.165, 1.54) is 26.2 Å². The standard InChI is InChI=1S/C23H21FN2O4S/c1-15(27)17-3-6-22(19(24)11-17)31-14-23(28)26-18-4-5-20(29-2)21(12-18)30-13-16-7-9-25-10-8-16/h3-12H,13-14H2,1-2H3,(H,26,28). The highest BCUT2D eigenvalue weighted by molar-refractivity contribution is 8.00. The van der Waals surface area contributed by atoms with Crippen LogP contribution in [-0.2, 0) is 11.4 Å². The number of pyridine rings is 1. The van der Waals surface area contributed by atoms with Crippen molar-refractivity contribution in [3.05, 3.63) is 77.9 Å². The number of nitrogens with one attached hydrogen (secondary N) is 1. The molecular formula is C23H21FN2O4S. The summed E-state index contributed by atoms with van der Waals surface area (Å²) in [5, 5.41) is 2.77. The molecule has 0 unspecified atom stereocenters. The SMILES string of the molecule is COc1ccc(NC(=O)CSc2ccc(C(C)=O)cc2F)cc1OCc1ccncc1. The molecule has 0 spiro atoms. The fraction of sp³-hybridized carbons (Fsp3) is 0.174. The third-order valence-corrected chi connectivity index (χ3v) is 5.34. The van der Waals surface area contributed by atoms with Gasteiger partial charge >= 0.3 is 0 Å². The fourth-order valence-corrected chi connectivity index (χ4v) is 3.40. The number of carbonyl (C=O) groups excluding carboxylic acids is 2. The molecule has 0 saturated heterocycles. The van der Waals surface area contributed by atoms with Crippen molar-refractivity contribution in [3.63, 3.8) is 0 Å². The van der Waals surface area contributed by atoms with Crippen LogP contribution in [0.2, 0.25) is 0 Å². The number of aromatic nitrogens is 1. The van der Waals surface area contributed by atoms with Gasteiger partial charge in [0.05, 0.1) is 12.9 Å². The summed E-state index contributed by atoms with van der Waals surface area (Å²) < 4.78 is 25.3. The van der Waals surface area contributed by atoms with Crippen molar-refractivity contribution in [1.82, 2.24) is 4.98 Å². The van der Waals surface area contributed by atoms with Gasteiger partial charge in [0.25, 0.3) is 0 Å². The molecule has 0 aliphatic heterocycles. The second-order valence-electron chi connectivity index (χ2n) is 6.55. The maximum Gasteiger partial charge on any atom is 0.234 e. The van der Waals surface area contributed by atoms with E-state index in [1.54, 1.807) is 36.7 Å². The Morgan fingerprint density at radius 2 is 1.84 bits per heavy atom. The lowest BCUT2D eigenvalue weighted by molar-refractivity contribution is -0.113. The number of carbonyl (C=O) groups is 2. The maximum atomic E-state index is 14.1. The van der Waals surface area contributed by atoms with Gasteiger partial charge in [0, 0.05) is 34.6 Å². The van der Waals surface area contributed by atoms with Crippen LogP contribution < -0.4 is 14.8 Å². The molecule has 0 aliphatic carbocycles. The number of anilines is 1. The highest BCUT2D eigenvalue weighted by atomic mass is 32.2. The van der Waals surface area contributed by atoms with E-state index in [4.69, 9.17) is 9.47 Å². The van der Waals surface area contributed by atoms with E-state index in [2.05, 4.69) is 10.3 Å². The Labute approximate surface area is 183 Å². The Morgan fingerprint density at radius 3 is 2.52 bits per heavy atom. The minimum Gasteiger partial charge on any atom is -0.493 e. The normalized spacial score (nSPS) is 10.4. The number of benzene rings is 2. The van der Waals surface area contributed by atoms with Crippen molar-refractivity contribution in [2.75, 3.05) is 18.2 Å². The van der Waals surface area contributed by atoms with Crippen molar-refractivity contribution in [3.8, 4) is 11.5 Å². The van der Waals surface area contributed by atoms with E-state index in [0.717, 1.165) is 17.3 Å². The zero-order valence-corrected chi connectivity index (χ0v) is 17.9. The number of hydrogen-bond donors (Lipinski definition) is 1. The van der Waals surface area contributed by atoms with Gasteiger partial charge in [-0.1, -0.05) is 6.07 Å². The number of halogens is 1. The highest BCUT2D eigenvalue weighted by Crippen LogP contribution is 2.31. The molecule has 1 aromatic heterocycles. The Bertz CT molecular complexity index is 1080. The van der Waals surface area contributed by atoms with Crippen molar-refractivity contribution >= 4 is 29.1 Å². The largest absolute Gasteiger partial charge is 0.493 e. The maximum absolute atomic E-state index is 14.1. The van der Waals surface area contributed by atoms with Crippen LogP contribution in [0.5, 0.6) is 11.5 Å². The molecule has 8 heteroatoms. The molecule has 3 rings (SSSR count). The van der Waals surface area contributed by atoms with Gasteiger partial charge in [0.2, 0.25) is 5.91 Å². The number of ketones is 1. The summed E-state index contributed by atoms with van der Waals surface area (Å²) in [6.07, 6.45) is 3.36. The summed E-state index contributed by atoms with van der Waals surface area (Å²) in [6, 6.07) is 13.0. The van der Waals surface area contributed by atoms with Crippen LogP contribution in [0.3, 0.4) is 0 Å². The minimum absolute atomic E-state index is 0.00950. The Morgan fingerprint density at radius 1 is 1.06 bits per heavy atom. The molecular weight excluding hydrogens is 419 g/mol. The van der Waals surface area contributed by atoms with Gasteiger partial charge in [-0.15, -0.1) is 11.8 Å². The third kappa shape index (κ3) is 6.29. The van der Waals surface area contributed by atoms with E-state index in [0.29, 0.717) is 34.3 Å². The molecule has 6 nitrogen and oxygen atoms in total. The van der Waals surface area contributed by atoms with Crippen molar-refractivity contribution in [2.24, 2.45) is 0 Å². The summed E-state index contributed by atoms with van der Waals surface area (Å²) in [6.45, 7) is 1.70. The first-order valence-corrected chi connectivity index (χ1v) is 10.4. The first-order valence-electron chi connectivity index (χ1n) is 9.39. The number of amides is 1. The van der Waals surface area contributed by atoms with Crippen molar-refractivity contribution < 1.29 is 23.5 Å². The fourth-order valence-electron chi connectivity index (χ4n) is 2.68. The lowest BCUT2D eigenvalue weighted by Gasteiger charge is -2.13. The van der Waals surface area contributed by atoms with Crippen LogP contribution in [0.4, 0.5) is 10.1 Å². The molecule has 0 atom stereocenters. The van der Waals surface area contributed by atoms with E-state index >= 15 is 0 Å². The molecule has 1 amide bonds. The van der Waals surface area contributed by atoms with Gasteiger partial charge in [0.15, 0.2) is 17.3 Å². The molecule has 3 aromatic rings. The van der Waals surface area contributed by atoms with Crippen LogP contribution in [0.15, 0.2) is 65.8 Å². The Balaban J connectivity index is 1.61. The van der Waals surface area contributed by atoms with Crippen LogP contribution in [-0.4, -0.2) is 29.5 Å². The van der Waals surface area contributed by atoms with Gasteiger partial charge in [-0.2, -0.15) is 0 Å². The first-order chi connectivity index (χ1) is 15.0. The second kappa shape index (κ2) is 10.6. The molecule has 31 heavy (non-hydrogen) atoms. The van der Waals surface area contributed by atoms with Gasteiger partial charge < -0.3 is 14.8 Å². The topological polar surface area (TPSA) is 77.5 Å². The predicted molar refractivity (Wildman–Crippen MR) is 117 cm³/mol. The van der Waals surface area contributed by atoms with E-state index in [9.17, 15) is 14.0 Å². The minimum atomic E-state index is -0.526. The van der Waals surface area contributed by atoms with Crippen LogP contribution in [0.1, 0.15) is 22.8 Å². The summed E-state index contributed by atoms with van der Waals surface area (Å²) in [7, 11) is 1.54. The summed E-state index contributed by atoms with van der Waals surface area (Å²) in [5.41, 5.74) is 1.77. The predicted octanol–water partition coefficient (Wildman–Crippen LogP) is 4.74. The van der Waals surface area contributed by atoms with E-state index < -0.39 is 5.82 Å². The Hall–Kier alpha value is -3.39. The summed E-state index contributed by atoms with van der Waals surface area (Å²) >= 11 is 1.05. The molecule has 1 N–H and O–H groups in total. The molecule has 0 saturated carbocycles. The monoisotopic (exact) mass is 440 g/mol. The average molecular weight is 440 g/mol. The van der Waals surface area contributed by atoms with Gasteiger partial charge in [-0.3, -0.25) is 14.6 Å². The molecule has 160 valence electrons. The lowest BCUT2D eigenvalue weighted by Crippen LogP contribution is -2.14. The van der Waals surface area contributed by atoms with Crippen molar-refractivity contribution in [1.29, 1.82) is 0 Å². The quantitative estimate of drug-likeness (QED) is 0.383. The zero-order valence-electron chi connectivity index (χ0n) is 17.1. The number of methoxy groups -OCH3 is 1. The Kier molecular flexibility index (Phi) is 7.61. The zero-order chi connectivity index (χ0) is 22.2. The van der Waals surface area contributed by atoms with Crippen LogP contribution >= 0.6 is 11.8 Å². The van der Waals surface area contributed by atoms with E-state index in [-0.39, 0.29) is 17.4 Å². The average Bonchev–Trinajstić information content (AvgIpc) is 2.77. The smallest absolute Gasteiger partial charge is 0.234 e. The first kappa shape index (κ1) is 22.3. The number of rotatable bonds is 9. The number of hydrogen-bond acceptors (Lipinski definition) is 6.